The Balaban J connectivity index is 1.78. The van der Waals surface area contributed by atoms with E-state index in [2.05, 4.69) is 36.5 Å². The van der Waals surface area contributed by atoms with Gasteiger partial charge in [-0.15, -0.1) is 11.3 Å². The molecule has 122 valence electrons. The van der Waals surface area contributed by atoms with Crippen LogP contribution in [0.3, 0.4) is 0 Å². The maximum atomic E-state index is 12.3. The van der Waals surface area contributed by atoms with Crippen LogP contribution in [0.15, 0.2) is 70.7 Å². The molecule has 0 bridgehead atoms. The standard InChI is InChI=1S/C20H19NO2S/c1-2-15-7-9-16(10-8-15)20(18-6-4-14-24-18)21-19(22)12-11-17-5-3-13-23-17/h3-14,20H,2H2,1H3,(H,21,22)/b12-11+/t20-/m1/s1. The first-order valence-corrected chi connectivity index (χ1v) is 8.78. The van der Waals surface area contributed by atoms with Crippen LogP contribution in [-0.4, -0.2) is 5.91 Å². The summed E-state index contributed by atoms with van der Waals surface area (Å²) in [6, 6.07) is 15.9. The Labute approximate surface area is 145 Å². The van der Waals surface area contributed by atoms with Crippen LogP contribution in [0.2, 0.25) is 0 Å². The highest BCUT2D eigenvalue weighted by molar-refractivity contribution is 7.10. The molecule has 0 spiro atoms. The van der Waals surface area contributed by atoms with E-state index in [1.54, 1.807) is 29.7 Å². The van der Waals surface area contributed by atoms with E-state index in [9.17, 15) is 4.79 Å². The lowest BCUT2D eigenvalue weighted by molar-refractivity contribution is -0.116. The largest absolute Gasteiger partial charge is 0.465 e. The lowest BCUT2D eigenvalue weighted by atomic mass is 10.0. The summed E-state index contributed by atoms with van der Waals surface area (Å²) in [5, 5.41) is 5.10. The Morgan fingerprint density at radius 3 is 2.67 bits per heavy atom. The Bertz CT molecular complexity index is 787. The molecule has 0 aliphatic heterocycles. The highest BCUT2D eigenvalue weighted by Gasteiger charge is 2.16. The molecular formula is C20H19NO2S. The van der Waals surface area contributed by atoms with Gasteiger partial charge in [0.1, 0.15) is 5.76 Å². The van der Waals surface area contributed by atoms with Gasteiger partial charge in [0, 0.05) is 11.0 Å². The van der Waals surface area contributed by atoms with Gasteiger partial charge in [-0.05, 0) is 47.2 Å². The molecule has 0 fully saturated rings. The van der Waals surface area contributed by atoms with Crippen LogP contribution in [0.4, 0.5) is 0 Å². The number of hydrogen-bond donors (Lipinski definition) is 1. The van der Waals surface area contributed by atoms with Crippen molar-refractivity contribution in [2.75, 3.05) is 0 Å². The number of hydrogen-bond acceptors (Lipinski definition) is 3. The van der Waals surface area contributed by atoms with Crippen LogP contribution < -0.4 is 5.32 Å². The van der Waals surface area contributed by atoms with Gasteiger partial charge < -0.3 is 9.73 Å². The van der Waals surface area contributed by atoms with Gasteiger partial charge >= 0.3 is 0 Å². The molecule has 3 aromatic rings. The van der Waals surface area contributed by atoms with Gasteiger partial charge in [0.25, 0.3) is 0 Å². The number of carbonyl (C=O) groups is 1. The molecule has 1 amide bonds. The van der Waals surface area contributed by atoms with Gasteiger partial charge in [0.15, 0.2) is 0 Å². The van der Waals surface area contributed by atoms with E-state index in [0.717, 1.165) is 16.9 Å². The van der Waals surface area contributed by atoms with E-state index in [-0.39, 0.29) is 11.9 Å². The van der Waals surface area contributed by atoms with Crippen LogP contribution in [-0.2, 0) is 11.2 Å². The van der Waals surface area contributed by atoms with Gasteiger partial charge in [-0.3, -0.25) is 4.79 Å². The Morgan fingerprint density at radius 2 is 2.04 bits per heavy atom. The number of amides is 1. The molecule has 0 radical (unpaired) electrons. The minimum Gasteiger partial charge on any atom is -0.465 e. The molecule has 4 heteroatoms. The highest BCUT2D eigenvalue weighted by atomic mass is 32.1. The van der Waals surface area contributed by atoms with E-state index in [1.165, 1.54) is 11.6 Å². The molecule has 2 aromatic heterocycles. The van der Waals surface area contributed by atoms with Crippen molar-refractivity contribution in [2.45, 2.75) is 19.4 Å². The van der Waals surface area contributed by atoms with Crippen molar-refractivity contribution >= 4 is 23.3 Å². The summed E-state index contributed by atoms with van der Waals surface area (Å²) in [6.07, 6.45) is 5.75. The number of benzene rings is 1. The van der Waals surface area contributed by atoms with Crippen molar-refractivity contribution in [3.63, 3.8) is 0 Å². The second kappa shape index (κ2) is 7.79. The Hall–Kier alpha value is -2.59. The zero-order valence-corrected chi connectivity index (χ0v) is 14.3. The van der Waals surface area contributed by atoms with E-state index < -0.39 is 0 Å². The molecule has 0 saturated carbocycles. The summed E-state index contributed by atoms with van der Waals surface area (Å²) in [4.78, 5) is 13.4. The Morgan fingerprint density at radius 1 is 1.21 bits per heavy atom. The predicted molar refractivity (Wildman–Crippen MR) is 97.9 cm³/mol. The van der Waals surface area contributed by atoms with Crippen molar-refractivity contribution < 1.29 is 9.21 Å². The maximum Gasteiger partial charge on any atom is 0.244 e. The van der Waals surface area contributed by atoms with Crippen LogP contribution in [0, 0.1) is 0 Å². The third-order valence-electron chi connectivity index (χ3n) is 3.78. The van der Waals surface area contributed by atoms with Gasteiger partial charge in [-0.1, -0.05) is 37.3 Å². The van der Waals surface area contributed by atoms with Crippen molar-refractivity contribution in [2.24, 2.45) is 0 Å². The summed E-state index contributed by atoms with van der Waals surface area (Å²) >= 11 is 1.64. The van der Waals surface area contributed by atoms with Crippen LogP contribution in [0.25, 0.3) is 6.08 Å². The molecule has 1 aromatic carbocycles. The lowest BCUT2D eigenvalue weighted by Gasteiger charge is -2.17. The third kappa shape index (κ3) is 4.03. The topological polar surface area (TPSA) is 42.2 Å². The predicted octanol–water partition coefficient (Wildman–Crippen LogP) is 4.82. The molecular weight excluding hydrogens is 318 g/mol. The molecule has 1 atom stereocenters. The minimum absolute atomic E-state index is 0.148. The zero-order chi connectivity index (χ0) is 16.8. The normalized spacial score (nSPS) is 12.4. The van der Waals surface area contributed by atoms with Crippen molar-refractivity contribution in [1.29, 1.82) is 0 Å². The van der Waals surface area contributed by atoms with Crippen molar-refractivity contribution in [3.05, 3.63) is 88.0 Å². The quantitative estimate of drug-likeness (QED) is 0.655. The molecule has 0 aliphatic carbocycles. The number of rotatable bonds is 6. The molecule has 3 nitrogen and oxygen atoms in total. The SMILES string of the molecule is CCc1ccc([C@@H](NC(=O)/C=C/c2ccco2)c2cccs2)cc1. The van der Waals surface area contributed by atoms with Crippen molar-refractivity contribution in [1.82, 2.24) is 5.32 Å². The van der Waals surface area contributed by atoms with E-state index in [4.69, 9.17) is 4.42 Å². The number of nitrogens with one attached hydrogen (secondary N) is 1. The van der Waals surface area contributed by atoms with E-state index in [0.29, 0.717) is 5.76 Å². The first kappa shape index (κ1) is 16.3. The summed E-state index contributed by atoms with van der Waals surface area (Å²) in [5.41, 5.74) is 2.36. The fourth-order valence-electron chi connectivity index (χ4n) is 2.45. The highest BCUT2D eigenvalue weighted by Crippen LogP contribution is 2.26. The molecule has 24 heavy (non-hydrogen) atoms. The van der Waals surface area contributed by atoms with Gasteiger partial charge in [0.05, 0.1) is 12.3 Å². The zero-order valence-electron chi connectivity index (χ0n) is 13.4. The molecule has 1 N–H and O–H groups in total. The average molecular weight is 337 g/mol. The molecule has 0 unspecified atom stereocenters. The summed E-state index contributed by atoms with van der Waals surface area (Å²) in [7, 11) is 0. The van der Waals surface area contributed by atoms with E-state index in [1.807, 2.05) is 23.6 Å². The van der Waals surface area contributed by atoms with Crippen LogP contribution >= 0.6 is 11.3 Å². The number of furan rings is 1. The van der Waals surface area contributed by atoms with Gasteiger partial charge in [0.2, 0.25) is 5.91 Å². The van der Waals surface area contributed by atoms with E-state index >= 15 is 0 Å². The summed E-state index contributed by atoms with van der Waals surface area (Å²) in [6.45, 7) is 2.13. The fourth-order valence-corrected chi connectivity index (χ4v) is 3.26. The van der Waals surface area contributed by atoms with Gasteiger partial charge in [-0.25, -0.2) is 0 Å². The van der Waals surface area contributed by atoms with Gasteiger partial charge in [-0.2, -0.15) is 0 Å². The number of thiophene rings is 1. The molecule has 2 heterocycles. The third-order valence-corrected chi connectivity index (χ3v) is 4.71. The van der Waals surface area contributed by atoms with Crippen LogP contribution in [0.1, 0.15) is 34.7 Å². The number of aryl methyl sites for hydroxylation is 1. The average Bonchev–Trinajstić information content (AvgIpc) is 3.31. The first-order chi connectivity index (χ1) is 11.8. The Kier molecular flexibility index (Phi) is 5.29. The van der Waals surface area contributed by atoms with Crippen molar-refractivity contribution in [3.8, 4) is 0 Å². The minimum atomic E-state index is -0.149. The van der Waals surface area contributed by atoms with Crippen LogP contribution in [0.5, 0.6) is 0 Å². The summed E-state index contributed by atoms with van der Waals surface area (Å²) in [5.74, 6) is 0.509. The monoisotopic (exact) mass is 337 g/mol. The number of carbonyl (C=O) groups excluding carboxylic acids is 1. The molecule has 0 saturated heterocycles. The summed E-state index contributed by atoms with van der Waals surface area (Å²) < 4.78 is 5.21. The lowest BCUT2D eigenvalue weighted by Crippen LogP contribution is -2.27. The first-order valence-electron chi connectivity index (χ1n) is 7.90. The molecule has 3 rings (SSSR count). The smallest absolute Gasteiger partial charge is 0.244 e. The second-order valence-corrected chi connectivity index (χ2v) is 6.38. The fraction of sp³-hybridized carbons (Fsp3) is 0.150. The molecule has 0 aliphatic rings. The second-order valence-electron chi connectivity index (χ2n) is 5.40. The maximum absolute atomic E-state index is 12.3.